The quantitative estimate of drug-likeness (QED) is 0.896. The predicted molar refractivity (Wildman–Crippen MR) is 90.6 cm³/mol. The van der Waals surface area contributed by atoms with E-state index in [1.807, 2.05) is 20.8 Å². The van der Waals surface area contributed by atoms with Crippen LogP contribution in [0.15, 0.2) is 29.2 Å². The van der Waals surface area contributed by atoms with Gasteiger partial charge in [-0.3, -0.25) is 4.79 Å². The Bertz CT molecular complexity index is 632. The molecule has 0 radical (unpaired) electrons. The molecular weight excluding hydrogens is 312 g/mol. The zero-order valence-corrected chi connectivity index (χ0v) is 14.9. The fraction of sp³-hybridized carbons (Fsp3) is 0.588. The normalized spacial score (nSPS) is 18.6. The number of benzene rings is 1. The minimum absolute atomic E-state index is 0.0479. The highest BCUT2D eigenvalue weighted by molar-refractivity contribution is 7.89. The van der Waals surface area contributed by atoms with Gasteiger partial charge in [-0.25, -0.2) is 8.42 Å². The van der Waals surface area contributed by atoms with Crippen molar-refractivity contribution in [1.29, 1.82) is 0 Å². The van der Waals surface area contributed by atoms with E-state index in [1.165, 1.54) is 4.31 Å². The number of nitrogens with one attached hydrogen (secondary N) is 1. The van der Waals surface area contributed by atoms with E-state index in [0.717, 1.165) is 12.0 Å². The monoisotopic (exact) mass is 338 g/mol. The van der Waals surface area contributed by atoms with Gasteiger partial charge in [0.2, 0.25) is 15.9 Å². The highest BCUT2D eigenvalue weighted by Gasteiger charge is 2.32. The Morgan fingerprint density at radius 1 is 1.26 bits per heavy atom. The second kappa shape index (κ2) is 7.45. The number of amides is 1. The molecule has 1 fully saturated rings. The second-order valence-electron chi connectivity index (χ2n) is 6.31. The first-order chi connectivity index (χ1) is 10.8. The lowest BCUT2D eigenvalue weighted by atomic mass is 9.97. The molecule has 1 aliphatic rings. The summed E-state index contributed by atoms with van der Waals surface area (Å²) in [5.74, 6) is -0.0415. The van der Waals surface area contributed by atoms with Crippen molar-refractivity contribution in [1.82, 2.24) is 9.62 Å². The molecule has 0 spiro atoms. The minimum Gasteiger partial charge on any atom is -0.353 e. The smallest absolute Gasteiger partial charge is 0.243 e. The Morgan fingerprint density at radius 3 is 2.35 bits per heavy atom. The lowest BCUT2D eigenvalue weighted by Gasteiger charge is -2.31. The maximum Gasteiger partial charge on any atom is 0.243 e. The number of piperidine rings is 1. The highest BCUT2D eigenvalue weighted by Crippen LogP contribution is 2.24. The lowest BCUT2D eigenvalue weighted by molar-refractivity contribution is -0.126. The maximum absolute atomic E-state index is 12.6. The summed E-state index contributed by atoms with van der Waals surface area (Å²) in [6, 6.07) is 7.06. The maximum atomic E-state index is 12.6. The molecule has 6 heteroatoms. The average Bonchev–Trinajstić information content (AvgIpc) is 2.55. The second-order valence-corrected chi connectivity index (χ2v) is 8.25. The third kappa shape index (κ3) is 4.32. The van der Waals surface area contributed by atoms with Crippen molar-refractivity contribution in [3.63, 3.8) is 0 Å². The summed E-state index contributed by atoms with van der Waals surface area (Å²) < 4.78 is 26.7. The first kappa shape index (κ1) is 17.9. The van der Waals surface area contributed by atoms with Crippen LogP contribution in [0.1, 0.15) is 38.7 Å². The minimum atomic E-state index is -3.45. The number of rotatable bonds is 5. The van der Waals surface area contributed by atoms with E-state index in [1.54, 1.807) is 24.3 Å². The van der Waals surface area contributed by atoms with E-state index in [9.17, 15) is 13.2 Å². The molecule has 128 valence electrons. The van der Waals surface area contributed by atoms with Crippen LogP contribution >= 0.6 is 0 Å². The number of aryl methyl sites for hydroxylation is 1. The summed E-state index contributed by atoms with van der Waals surface area (Å²) in [5, 5.41) is 2.98. The average molecular weight is 338 g/mol. The van der Waals surface area contributed by atoms with Crippen molar-refractivity contribution in [2.45, 2.75) is 51.0 Å². The van der Waals surface area contributed by atoms with Gasteiger partial charge in [0.15, 0.2) is 0 Å². The molecular formula is C17H26N2O3S. The Labute approximate surface area is 139 Å². The Morgan fingerprint density at radius 2 is 1.83 bits per heavy atom. The van der Waals surface area contributed by atoms with Crippen LogP contribution in [0.4, 0.5) is 0 Å². The van der Waals surface area contributed by atoms with Crippen molar-refractivity contribution in [2.24, 2.45) is 5.92 Å². The Kier molecular flexibility index (Phi) is 5.81. The third-order valence-corrected chi connectivity index (χ3v) is 6.40. The topological polar surface area (TPSA) is 66.5 Å². The molecule has 1 aromatic rings. The first-order valence-corrected chi connectivity index (χ1v) is 9.65. The van der Waals surface area contributed by atoms with Gasteiger partial charge in [-0.15, -0.1) is 0 Å². The fourth-order valence-corrected chi connectivity index (χ4v) is 4.15. The van der Waals surface area contributed by atoms with Crippen LogP contribution in [0, 0.1) is 12.8 Å². The van der Waals surface area contributed by atoms with Crippen LogP contribution in [-0.2, 0) is 14.8 Å². The van der Waals surface area contributed by atoms with Crippen LogP contribution < -0.4 is 5.32 Å². The fourth-order valence-electron chi connectivity index (χ4n) is 2.68. The largest absolute Gasteiger partial charge is 0.353 e. The molecule has 0 saturated carbocycles. The SMILES string of the molecule is CC[C@@H](C)NC(=O)C1CCN(S(=O)(=O)c2ccc(C)cc2)CC1. The van der Waals surface area contributed by atoms with Crippen LogP contribution in [-0.4, -0.2) is 37.8 Å². The van der Waals surface area contributed by atoms with Gasteiger partial charge in [-0.1, -0.05) is 24.6 Å². The van der Waals surface area contributed by atoms with Gasteiger partial charge in [0, 0.05) is 25.0 Å². The summed E-state index contributed by atoms with van der Waals surface area (Å²) in [7, 11) is -3.45. The number of hydrogen-bond donors (Lipinski definition) is 1. The standard InChI is InChI=1S/C17H26N2O3S/c1-4-14(3)18-17(20)15-9-11-19(12-10-15)23(21,22)16-7-5-13(2)6-8-16/h5-8,14-15H,4,9-12H2,1-3H3,(H,18,20)/t14-/m1/s1. The van der Waals surface area contributed by atoms with Crippen LogP contribution in [0.2, 0.25) is 0 Å². The van der Waals surface area contributed by atoms with E-state index in [2.05, 4.69) is 5.32 Å². The third-order valence-electron chi connectivity index (χ3n) is 4.48. The molecule has 1 saturated heterocycles. The number of carbonyl (C=O) groups excluding carboxylic acids is 1. The van der Waals surface area contributed by atoms with Gasteiger partial charge >= 0.3 is 0 Å². The van der Waals surface area contributed by atoms with E-state index in [4.69, 9.17) is 0 Å². The number of sulfonamides is 1. The zero-order valence-electron chi connectivity index (χ0n) is 14.1. The Hall–Kier alpha value is -1.40. The van der Waals surface area contributed by atoms with Crippen LogP contribution in [0.3, 0.4) is 0 Å². The van der Waals surface area contributed by atoms with Gasteiger partial charge in [0.25, 0.3) is 0 Å². The van der Waals surface area contributed by atoms with Gasteiger partial charge in [0.05, 0.1) is 4.90 Å². The molecule has 0 bridgehead atoms. The highest BCUT2D eigenvalue weighted by atomic mass is 32.2. The molecule has 0 aromatic heterocycles. The lowest BCUT2D eigenvalue weighted by Crippen LogP contribution is -2.44. The van der Waals surface area contributed by atoms with Gasteiger partial charge in [0.1, 0.15) is 0 Å². The molecule has 1 aromatic carbocycles. The summed E-state index contributed by atoms with van der Waals surface area (Å²) in [5.41, 5.74) is 1.03. The van der Waals surface area contributed by atoms with E-state index in [0.29, 0.717) is 30.8 Å². The number of hydrogen-bond acceptors (Lipinski definition) is 3. The van der Waals surface area contributed by atoms with Crippen molar-refractivity contribution in [3.05, 3.63) is 29.8 Å². The molecule has 0 unspecified atom stereocenters. The summed E-state index contributed by atoms with van der Waals surface area (Å²) >= 11 is 0. The Balaban J connectivity index is 1.98. The van der Waals surface area contributed by atoms with Crippen molar-refractivity contribution >= 4 is 15.9 Å². The van der Waals surface area contributed by atoms with E-state index >= 15 is 0 Å². The zero-order chi connectivity index (χ0) is 17.0. The summed E-state index contributed by atoms with van der Waals surface area (Å²) in [4.78, 5) is 12.5. The van der Waals surface area contributed by atoms with E-state index < -0.39 is 10.0 Å². The molecule has 1 atom stereocenters. The van der Waals surface area contributed by atoms with E-state index in [-0.39, 0.29) is 17.9 Å². The molecule has 0 aliphatic carbocycles. The van der Waals surface area contributed by atoms with Gasteiger partial charge < -0.3 is 5.32 Å². The van der Waals surface area contributed by atoms with Crippen molar-refractivity contribution in [3.8, 4) is 0 Å². The summed E-state index contributed by atoms with van der Waals surface area (Å²) in [6.07, 6.45) is 2.05. The molecule has 1 heterocycles. The van der Waals surface area contributed by atoms with Crippen LogP contribution in [0.5, 0.6) is 0 Å². The van der Waals surface area contributed by atoms with Crippen molar-refractivity contribution in [2.75, 3.05) is 13.1 Å². The van der Waals surface area contributed by atoms with Crippen molar-refractivity contribution < 1.29 is 13.2 Å². The van der Waals surface area contributed by atoms with Gasteiger partial charge in [-0.05, 0) is 45.2 Å². The predicted octanol–water partition coefficient (Wildman–Crippen LogP) is 2.31. The molecule has 1 N–H and O–H groups in total. The first-order valence-electron chi connectivity index (χ1n) is 8.21. The molecule has 1 aliphatic heterocycles. The molecule has 23 heavy (non-hydrogen) atoms. The van der Waals surface area contributed by atoms with Gasteiger partial charge in [-0.2, -0.15) is 4.31 Å². The number of carbonyl (C=O) groups is 1. The molecule has 5 nitrogen and oxygen atoms in total. The number of nitrogens with zero attached hydrogens (tertiary/aromatic N) is 1. The molecule has 2 rings (SSSR count). The molecule has 1 amide bonds. The van der Waals surface area contributed by atoms with Crippen LogP contribution in [0.25, 0.3) is 0 Å². The summed E-state index contributed by atoms with van der Waals surface area (Å²) in [6.45, 7) is 6.73.